The Hall–Kier alpha value is -1.86. The molecule has 0 unspecified atom stereocenters. The minimum atomic E-state index is -0.374. The van der Waals surface area contributed by atoms with E-state index >= 15 is 0 Å². The molecule has 18 heavy (non-hydrogen) atoms. The van der Waals surface area contributed by atoms with E-state index in [1.807, 2.05) is 12.1 Å². The molecule has 1 saturated carbocycles. The number of β-amino-alcohol motifs (C(OH)–C–C–N with tert-alkyl or cyclic N) is 1. The van der Waals surface area contributed by atoms with E-state index in [9.17, 15) is 9.90 Å². The van der Waals surface area contributed by atoms with Crippen molar-refractivity contribution in [2.75, 3.05) is 13.1 Å². The number of aliphatic hydroxyl groups is 1. The van der Waals surface area contributed by atoms with Crippen molar-refractivity contribution in [2.45, 2.75) is 24.4 Å². The van der Waals surface area contributed by atoms with Gasteiger partial charge in [0, 0.05) is 18.7 Å². The Kier molecular flexibility index (Phi) is 2.39. The van der Waals surface area contributed by atoms with Crippen molar-refractivity contribution >= 4 is 5.91 Å². The van der Waals surface area contributed by atoms with Crippen LogP contribution in [-0.4, -0.2) is 35.1 Å². The molecule has 0 radical (unpaired) electrons. The third-order valence-electron chi connectivity index (χ3n) is 3.80. The van der Waals surface area contributed by atoms with Gasteiger partial charge in [0.25, 0.3) is 5.91 Å². The average molecular weight is 242 g/mol. The second-order valence-corrected chi connectivity index (χ2v) is 5.14. The first-order valence-corrected chi connectivity index (χ1v) is 6.14. The van der Waals surface area contributed by atoms with Crippen LogP contribution in [0.15, 0.2) is 24.3 Å². The summed E-state index contributed by atoms with van der Waals surface area (Å²) >= 11 is 0. The zero-order chi connectivity index (χ0) is 12.8. The Morgan fingerprint density at radius 2 is 1.94 bits per heavy atom. The maximum absolute atomic E-state index is 12.0. The summed E-state index contributed by atoms with van der Waals surface area (Å²) in [5.74, 6) is -0.0475. The first-order valence-electron chi connectivity index (χ1n) is 6.14. The highest BCUT2D eigenvalue weighted by atomic mass is 16.3. The summed E-state index contributed by atoms with van der Waals surface area (Å²) in [7, 11) is 0. The number of rotatable bonds is 2. The Labute approximate surface area is 105 Å². The smallest absolute Gasteiger partial charge is 0.254 e. The van der Waals surface area contributed by atoms with Gasteiger partial charge in [-0.15, -0.1) is 0 Å². The minimum Gasteiger partial charge on any atom is -0.389 e. The fraction of sp³-hybridized carbons (Fsp3) is 0.429. The predicted molar refractivity (Wildman–Crippen MR) is 64.9 cm³/mol. The van der Waals surface area contributed by atoms with E-state index in [1.54, 1.807) is 17.0 Å². The molecule has 4 heteroatoms. The number of benzene rings is 1. The van der Waals surface area contributed by atoms with E-state index in [4.69, 9.17) is 5.26 Å². The van der Waals surface area contributed by atoms with Gasteiger partial charge in [0.2, 0.25) is 0 Å². The van der Waals surface area contributed by atoms with Gasteiger partial charge in [-0.05, 0) is 30.5 Å². The first-order chi connectivity index (χ1) is 8.64. The average Bonchev–Trinajstić information content (AvgIpc) is 3.15. The Morgan fingerprint density at radius 3 is 2.39 bits per heavy atom. The molecular weight excluding hydrogens is 228 g/mol. The lowest BCUT2D eigenvalue weighted by molar-refractivity contribution is 0.00589. The number of hydrogen-bond acceptors (Lipinski definition) is 3. The van der Waals surface area contributed by atoms with Gasteiger partial charge in [-0.25, -0.2) is 0 Å². The zero-order valence-corrected chi connectivity index (χ0v) is 9.97. The molecule has 0 atom stereocenters. The van der Waals surface area contributed by atoms with Crippen molar-refractivity contribution < 1.29 is 9.90 Å². The van der Waals surface area contributed by atoms with Crippen LogP contribution in [0.3, 0.4) is 0 Å². The number of carbonyl (C=O) groups excluding carboxylic acids is 1. The van der Waals surface area contributed by atoms with Crippen LogP contribution in [0.5, 0.6) is 0 Å². The lowest BCUT2D eigenvalue weighted by Gasteiger charge is -2.35. The van der Waals surface area contributed by atoms with Gasteiger partial charge >= 0.3 is 0 Å². The molecule has 1 saturated heterocycles. The summed E-state index contributed by atoms with van der Waals surface area (Å²) in [5.41, 5.74) is 1.33. The largest absolute Gasteiger partial charge is 0.389 e. The lowest BCUT2D eigenvalue weighted by atomic mass is 9.96. The molecule has 1 aliphatic heterocycles. The van der Waals surface area contributed by atoms with Crippen LogP contribution in [0.2, 0.25) is 0 Å². The van der Waals surface area contributed by atoms with E-state index in [2.05, 4.69) is 6.07 Å². The fourth-order valence-corrected chi connectivity index (χ4v) is 2.33. The van der Waals surface area contributed by atoms with Crippen molar-refractivity contribution in [3.05, 3.63) is 35.4 Å². The molecule has 4 nitrogen and oxygen atoms in total. The van der Waals surface area contributed by atoms with Crippen LogP contribution < -0.4 is 0 Å². The number of nitriles is 1. The van der Waals surface area contributed by atoms with Gasteiger partial charge in [0.15, 0.2) is 0 Å². The standard InChI is InChI=1S/C14H14N2O2/c15-9-14(5-6-14)11-3-1-10(2-4-11)13(18)16-7-12(17)8-16/h1-4,12,17H,5-8H2. The maximum Gasteiger partial charge on any atom is 0.254 e. The van der Waals surface area contributed by atoms with Gasteiger partial charge in [-0.2, -0.15) is 5.26 Å². The molecule has 92 valence electrons. The normalized spacial score (nSPS) is 21.0. The van der Waals surface area contributed by atoms with E-state index in [-0.39, 0.29) is 17.4 Å². The van der Waals surface area contributed by atoms with Crippen LogP contribution in [-0.2, 0) is 5.41 Å². The van der Waals surface area contributed by atoms with Crippen molar-refractivity contribution in [1.29, 1.82) is 5.26 Å². The number of nitrogens with zero attached hydrogens (tertiary/aromatic N) is 2. The first kappa shape index (κ1) is 11.2. The van der Waals surface area contributed by atoms with Gasteiger partial charge < -0.3 is 10.0 Å². The summed E-state index contributed by atoms with van der Waals surface area (Å²) in [5, 5.41) is 18.3. The van der Waals surface area contributed by atoms with E-state index < -0.39 is 0 Å². The van der Waals surface area contributed by atoms with Crippen molar-refractivity contribution in [1.82, 2.24) is 4.90 Å². The SMILES string of the molecule is N#CC1(c2ccc(C(=O)N3CC(O)C3)cc2)CC1. The number of carbonyl (C=O) groups is 1. The molecule has 0 bridgehead atoms. The van der Waals surface area contributed by atoms with Crippen LogP contribution in [0.4, 0.5) is 0 Å². The monoisotopic (exact) mass is 242 g/mol. The van der Waals surface area contributed by atoms with Crippen molar-refractivity contribution in [3.8, 4) is 6.07 Å². The Morgan fingerprint density at radius 1 is 1.33 bits per heavy atom. The Bertz CT molecular complexity index is 520. The minimum absolute atomic E-state index is 0.0475. The summed E-state index contributed by atoms with van der Waals surface area (Å²) in [4.78, 5) is 13.6. The summed E-state index contributed by atoms with van der Waals surface area (Å²) in [6, 6.07) is 9.64. The zero-order valence-electron chi connectivity index (χ0n) is 9.97. The fourth-order valence-electron chi connectivity index (χ4n) is 2.33. The predicted octanol–water partition coefficient (Wildman–Crippen LogP) is 1.06. The molecule has 3 rings (SSSR count). The lowest BCUT2D eigenvalue weighted by Crippen LogP contribution is -2.53. The van der Waals surface area contributed by atoms with Crippen LogP contribution in [0.25, 0.3) is 0 Å². The Balaban J connectivity index is 1.76. The van der Waals surface area contributed by atoms with Crippen molar-refractivity contribution in [2.24, 2.45) is 0 Å². The molecule has 1 N–H and O–H groups in total. The summed E-state index contributed by atoms with van der Waals surface area (Å²) in [6.45, 7) is 0.839. The molecule has 2 fully saturated rings. The maximum atomic E-state index is 12.0. The second-order valence-electron chi connectivity index (χ2n) is 5.14. The molecule has 1 aliphatic carbocycles. The highest BCUT2D eigenvalue weighted by molar-refractivity contribution is 5.94. The molecular formula is C14H14N2O2. The van der Waals surface area contributed by atoms with E-state index in [1.165, 1.54) is 0 Å². The van der Waals surface area contributed by atoms with Gasteiger partial charge in [0.05, 0.1) is 17.6 Å². The van der Waals surface area contributed by atoms with E-state index in [0.717, 1.165) is 18.4 Å². The number of likely N-dealkylation sites (tertiary alicyclic amines) is 1. The van der Waals surface area contributed by atoms with Crippen LogP contribution >= 0.6 is 0 Å². The molecule has 1 heterocycles. The van der Waals surface area contributed by atoms with Gasteiger partial charge in [-0.3, -0.25) is 4.79 Å². The topological polar surface area (TPSA) is 64.3 Å². The molecule has 1 aromatic carbocycles. The third-order valence-corrected chi connectivity index (χ3v) is 3.80. The molecule has 1 amide bonds. The van der Waals surface area contributed by atoms with Gasteiger partial charge in [-0.1, -0.05) is 12.1 Å². The summed E-state index contributed by atoms with van der Waals surface area (Å²) in [6.07, 6.45) is 1.45. The highest BCUT2D eigenvalue weighted by Crippen LogP contribution is 2.47. The molecule has 1 aromatic rings. The van der Waals surface area contributed by atoms with E-state index in [0.29, 0.717) is 18.7 Å². The third kappa shape index (κ3) is 1.68. The summed E-state index contributed by atoms with van der Waals surface area (Å²) < 4.78 is 0. The van der Waals surface area contributed by atoms with Crippen LogP contribution in [0, 0.1) is 11.3 Å². The number of aliphatic hydroxyl groups excluding tert-OH is 1. The molecule has 0 spiro atoms. The molecule has 2 aliphatic rings. The number of hydrogen-bond donors (Lipinski definition) is 1. The quantitative estimate of drug-likeness (QED) is 0.843. The van der Waals surface area contributed by atoms with Gasteiger partial charge in [0.1, 0.15) is 0 Å². The number of amides is 1. The molecule has 0 aromatic heterocycles. The van der Waals surface area contributed by atoms with Crippen LogP contribution in [0.1, 0.15) is 28.8 Å². The highest BCUT2D eigenvalue weighted by Gasteiger charge is 2.44. The second kappa shape index (κ2) is 3.82. The van der Waals surface area contributed by atoms with Crippen molar-refractivity contribution in [3.63, 3.8) is 0 Å².